The zero-order valence-electron chi connectivity index (χ0n) is 7.70. The van der Waals surface area contributed by atoms with Crippen molar-refractivity contribution >= 4 is 23.5 Å². The number of hydrogen-bond acceptors (Lipinski definition) is 4. The van der Waals surface area contributed by atoms with Crippen molar-refractivity contribution in [3.63, 3.8) is 0 Å². The third-order valence-corrected chi connectivity index (χ3v) is 3.08. The van der Waals surface area contributed by atoms with Gasteiger partial charge in [-0.15, -0.1) is 11.8 Å². The maximum atomic E-state index is 11.1. The van der Waals surface area contributed by atoms with Crippen LogP contribution in [0.3, 0.4) is 0 Å². The van der Waals surface area contributed by atoms with Crippen molar-refractivity contribution in [2.45, 2.75) is 18.4 Å². The van der Waals surface area contributed by atoms with Crippen molar-refractivity contribution < 1.29 is 9.90 Å². The van der Waals surface area contributed by atoms with Crippen LogP contribution in [0, 0.1) is 6.92 Å². The maximum absolute atomic E-state index is 11.1. The van der Waals surface area contributed by atoms with Crippen molar-refractivity contribution in [3.8, 4) is 0 Å². The fraction of sp³-hybridized carbons (Fsp3) is 0.333. The normalized spacial score (nSPS) is 14.9. The predicted octanol–water partition coefficient (Wildman–Crippen LogP) is 0.927. The van der Waals surface area contributed by atoms with Gasteiger partial charge in [0.25, 0.3) is 0 Å². The van der Waals surface area contributed by atoms with Crippen LogP contribution in [0.2, 0.25) is 0 Å². The standard InChI is InChI=1S/C9H10N2O2S/c1-5-2-7-9(10-6(5)3-12)11-8(13)4-14-7/h2,12H,3-4H2,1H3,(H,10,11,13). The van der Waals surface area contributed by atoms with Gasteiger partial charge in [0.2, 0.25) is 5.91 Å². The molecule has 4 nitrogen and oxygen atoms in total. The van der Waals surface area contributed by atoms with Gasteiger partial charge in [0.05, 0.1) is 22.9 Å². The van der Waals surface area contributed by atoms with Gasteiger partial charge in [0.1, 0.15) is 5.82 Å². The number of fused-ring (bicyclic) bond motifs is 1. The Labute approximate surface area is 85.7 Å². The van der Waals surface area contributed by atoms with Crippen molar-refractivity contribution in [2.75, 3.05) is 11.1 Å². The van der Waals surface area contributed by atoms with E-state index in [4.69, 9.17) is 5.11 Å². The van der Waals surface area contributed by atoms with Gasteiger partial charge in [-0.2, -0.15) is 0 Å². The van der Waals surface area contributed by atoms with Crippen molar-refractivity contribution in [1.82, 2.24) is 4.98 Å². The summed E-state index contributed by atoms with van der Waals surface area (Å²) in [6.45, 7) is 1.80. The fourth-order valence-corrected chi connectivity index (χ4v) is 2.15. The molecule has 0 saturated carbocycles. The lowest BCUT2D eigenvalue weighted by molar-refractivity contribution is -0.113. The first-order valence-corrected chi connectivity index (χ1v) is 5.23. The molecule has 0 bridgehead atoms. The first-order valence-electron chi connectivity index (χ1n) is 4.24. The molecule has 0 aromatic carbocycles. The Bertz CT molecular complexity index is 393. The Morgan fingerprint density at radius 1 is 1.71 bits per heavy atom. The van der Waals surface area contributed by atoms with Gasteiger partial charge in [-0.3, -0.25) is 4.79 Å². The number of aliphatic hydroxyl groups is 1. The van der Waals surface area contributed by atoms with Crippen LogP contribution >= 0.6 is 11.8 Å². The lowest BCUT2D eigenvalue weighted by Crippen LogP contribution is -2.20. The number of hydrogen-bond donors (Lipinski definition) is 2. The summed E-state index contributed by atoms with van der Waals surface area (Å²) in [5.41, 5.74) is 1.57. The van der Waals surface area contributed by atoms with Crippen LogP contribution in [0.5, 0.6) is 0 Å². The van der Waals surface area contributed by atoms with E-state index in [1.165, 1.54) is 11.8 Å². The summed E-state index contributed by atoms with van der Waals surface area (Å²) in [5, 5.41) is 11.7. The van der Waals surface area contributed by atoms with Crippen LogP contribution in [-0.2, 0) is 11.4 Å². The van der Waals surface area contributed by atoms with Gasteiger partial charge < -0.3 is 10.4 Å². The summed E-state index contributed by atoms with van der Waals surface area (Å²) in [7, 11) is 0. The first-order chi connectivity index (χ1) is 6.70. The third kappa shape index (κ3) is 1.60. The highest BCUT2D eigenvalue weighted by atomic mass is 32.2. The lowest BCUT2D eigenvalue weighted by Gasteiger charge is -2.16. The zero-order valence-corrected chi connectivity index (χ0v) is 8.52. The second-order valence-corrected chi connectivity index (χ2v) is 4.11. The number of carbonyl (C=O) groups is 1. The molecule has 2 heterocycles. The van der Waals surface area contributed by atoms with Gasteiger partial charge in [-0.05, 0) is 18.6 Å². The minimum absolute atomic E-state index is 0.0391. The number of rotatable bonds is 1. The quantitative estimate of drug-likeness (QED) is 0.723. The van der Waals surface area contributed by atoms with Crippen LogP contribution in [0.4, 0.5) is 5.82 Å². The summed E-state index contributed by atoms with van der Waals surface area (Å²) >= 11 is 1.47. The van der Waals surface area contributed by atoms with E-state index < -0.39 is 0 Å². The number of nitrogens with zero attached hydrogens (tertiary/aromatic N) is 1. The summed E-state index contributed by atoms with van der Waals surface area (Å²) in [6, 6.07) is 1.94. The monoisotopic (exact) mass is 210 g/mol. The maximum Gasteiger partial charge on any atom is 0.235 e. The number of nitrogens with one attached hydrogen (secondary N) is 1. The minimum atomic E-state index is -0.0976. The van der Waals surface area contributed by atoms with E-state index in [0.29, 0.717) is 17.3 Å². The highest BCUT2D eigenvalue weighted by Crippen LogP contribution is 2.31. The molecule has 1 aromatic rings. The molecular formula is C9H10N2O2S. The van der Waals surface area contributed by atoms with E-state index in [-0.39, 0.29) is 12.5 Å². The van der Waals surface area contributed by atoms with Crippen LogP contribution in [0.1, 0.15) is 11.3 Å². The summed E-state index contributed by atoms with van der Waals surface area (Å²) in [4.78, 5) is 16.2. The molecule has 1 aliphatic rings. The molecule has 74 valence electrons. The summed E-state index contributed by atoms with van der Waals surface area (Å²) in [6.07, 6.45) is 0. The van der Waals surface area contributed by atoms with Crippen molar-refractivity contribution in [2.24, 2.45) is 0 Å². The molecule has 0 aliphatic carbocycles. The van der Waals surface area contributed by atoms with Crippen LogP contribution in [-0.4, -0.2) is 21.8 Å². The van der Waals surface area contributed by atoms with Gasteiger partial charge in [-0.1, -0.05) is 0 Å². The average Bonchev–Trinajstić information content (AvgIpc) is 2.17. The fourth-order valence-electron chi connectivity index (χ4n) is 1.30. The number of aryl methyl sites for hydroxylation is 1. The number of thioether (sulfide) groups is 1. The number of pyridine rings is 1. The van der Waals surface area contributed by atoms with E-state index in [0.717, 1.165) is 10.5 Å². The molecule has 0 radical (unpaired) electrons. The predicted molar refractivity (Wildman–Crippen MR) is 54.3 cm³/mol. The van der Waals surface area contributed by atoms with Crippen LogP contribution in [0.15, 0.2) is 11.0 Å². The highest BCUT2D eigenvalue weighted by Gasteiger charge is 2.17. The first kappa shape index (κ1) is 9.48. The molecule has 5 heteroatoms. The van der Waals surface area contributed by atoms with Gasteiger partial charge >= 0.3 is 0 Å². The largest absolute Gasteiger partial charge is 0.390 e. The number of aliphatic hydroxyl groups excluding tert-OH is 1. The molecule has 2 rings (SSSR count). The van der Waals surface area contributed by atoms with Crippen molar-refractivity contribution in [1.29, 1.82) is 0 Å². The summed E-state index contributed by atoms with van der Waals surface area (Å²) < 4.78 is 0. The lowest BCUT2D eigenvalue weighted by atomic mass is 10.2. The van der Waals surface area contributed by atoms with E-state index in [2.05, 4.69) is 10.3 Å². The van der Waals surface area contributed by atoms with E-state index in [1.807, 2.05) is 13.0 Å². The smallest absolute Gasteiger partial charge is 0.235 e. The third-order valence-electron chi connectivity index (χ3n) is 2.05. The topological polar surface area (TPSA) is 62.2 Å². The minimum Gasteiger partial charge on any atom is -0.390 e. The molecule has 0 atom stereocenters. The van der Waals surface area contributed by atoms with E-state index in [1.54, 1.807) is 0 Å². The zero-order chi connectivity index (χ0) is 10.1. The molecule has 0 spiro atoms. The highest BCUT2D eigenvalue weighted by molar-refractivity contribution is 8.00. The molecule has 14 heavy (non-hydrogen) atoms. The number of carbonyl (C=O) groups excluding carboxylic acids is 1. The van der Waals surface area contributed by atoms with E-state index in [9.17, 15) is 4.79 Å². The van der Waals surface area contributed by atoms with Crippen LogP contribution < -0.4 is 5.32 Å². The van der Waals surface area contributed by atoms with Crippen molar-refractivity contribution in [3.05, 3.63) is 17.3 Å². The summed E-state index contributed by atoms with van der Waals surface area (Å²) in [5.74, 6) is 0.968. The molecule has 1 aliphatic heterocycles. The second-order valence-electron chi connectivity index (χ2n) is 3.09. The Morgan fingerprint density at radius 2 is 2.50 bits per heavy atom. The SMILES string of the molecule is Cc1cc2c(nc1CO)NC(=O)CS2. The average molecular weight is 210 g/mol. The number of amides is 1. The molecule has 1 amide bonds. The Morgan fingerprint density at radius 3 is 3.21 bits per heavy atom. The number of anilines is 1. The van der Waals surface area contributed by atoms with Gasteiger partial charge in [0, 0.05) is 0 Å². The number of aromatic nitrogens is 1. The molecule has 0 unspecified atom stereocenters. The Hall–Kier alpha value is -1.07. The molecule has 0 saturated heterocycles. The second kappa shape index (κ2) is 3.59. The van der Waals surface area contributed by atoms with E-state index >= 15 is 0 Å². The molecule has 1 aromatic heterocycles. The Balaban J connectivity index is 2.46. The van der Waals surface area contributed by atoms with Gasteiger partial charge in [-0.25, -0.2) is 4.98 Å². The Kier molecular flexibility index (Phi) is 2.43. The molecular weight excluding hydrogens is 200 g/mol. The van der Waals surface area contributed by atoms with Crippen LogP contribution in [0.25, 0.3) is 0 Å². The molecule has 2 N–H and O–H groups in total. The van der Waals surface area contributed by atoms with Gasteiger partial charge in [0.15, 0.2) is 0 Å². The molecule has 0 fully saturated rings.